The predicted molar refractivity (Wildman–Crippen MR) is 73.7 cm³/mol. The molecule has 1 rings (SSSR count). The van der Waals surface area contributed by atoms with Crippen LogP contribution in [0.1, 0.15) is 47.0 Å². The lowest BCUT2D eigenvalue weighted by atomic mass is 9.86. The second-order valence-electron chi connectivity index (χ2n) is 6.74. The van der Waals surface area contributed by atoms with Crippen LogP contribution >= 0.6 is 0 Å². The van der Waals surface area contributed by atoms with Crippen molar-refractivity contribution in [1.82, 2.24) is 10.2 Å². The molecule has 0 heterocycles. The third-order valence-electron chi connectivity index (χ3n) is 4.82. The van der Waals surface area contributed by atoms with Crippen molar-refractivity contribution in [2.24, 2.45) is 5.41 Å². The van der Waals surface area contributed by atoms with Crippen LogP contribution in [-0.2, 0) is 4.79 Å². The molecule has 3 atom stereocenters. The van der Waals surface area contributed by atoms with Gasteiger partial charge in [0.05, 0.1) is 0 Å². The molecule has 0 amide bonds. The number of aliphatic carboxylic acids is 1. The van der Waals surface area contributed by atoms with Crippen LogP contribution < -0.4 is 5.32 Å². The minimum Gasteiger partial charge on any atom is -0.480 e. The number of carbonyl (C=O) groups is 1. The number of hydrogen-bond donors (Lipinski definition) is 2. The third-order valence-corrected chi connectivity index (χ3v) is 4.82. The standard InChI is InChI=1S/C14H28N2O2/c1-10(13(2,3)4)16(6)11-7-8-14(9-11,15-5)12(17)18/h10-11,15H,7-9H2,1-6H3,(H,17,18). The lowest BCUT2D eigenvalue weighted by Crippen LogP contribution is -2.51. The van der Waals surface area contributed by atoms with E-state index in [1.807, 2.05) is 0 Å². The van der Waals surface area contributed by atoms with Crippen LogP contribution in [0.2, 0.25) is 0 Å². The maximum absolute atomic E-state index is 11.4. The minimum atomic E-state index is -0.726. The largest absolute Gasteiger partial charge is 0.480 e. The molecule has 4 nitrogen and oxygen atoms in total. The number of likely N-dealkylation sites (N-methyl/N-ethyl adjacent to an activating group) is 1. The molecule has 0 aromatic heterocycles. The Balaban J connectivity index is 2.75. The van der Waals surface area contributed by atoms with E-state index >= 15 is 0 Å². The first-order chi connectivity index (χ1) is 8.14. The predicted octanol–water partition coefficient (Wildman–Crippen LogP) is 1.95. The molecule has 18 heavy (non-hydrogen) atoms. The fraction of sp³-hybridized carbons (Fsp3) is 0.929. The smallest absolute Gasteiger partial charge is 0.323 e. The van der Waals surface area contributed by atoms with E-state index < -0.39 is 11.5 Å². The molecule has 0 saturated heterocycles. The maximum atomic E-state index is 11.4. The van der Waals surface area contributed by atoms with Gasteiger partial charge in [0.15, 0.2) is 0 Å². The zero-order valence-electron chi connectivity index (χ0n) is 12.6. The van der Waals surface area contributed by atoms with Gasteiger partial charge in [0.2, 0.25) is 0 Å². The second kappa shape index (κ2) is 5.17. The van der Waals surface area contributed by atoms with Crippen LogP contribution in [0.5, 0.6) is 0 Å². The van der Waals surface area contributed by atoms with Crippen molar-refractivity contribution in [2.75, 3.05) is 14.1 Å². The van der Waals surface area contributed by atoms with Gasteiger partial charge in [0.1, 0.15) is 5.54 Å². The summed E-state index contributed by atoms with van der Waals surface area (Å²) in [7, 11) is 3.87. The lowest BCUT2D eigenvalue weighted by molar-refractivity contribution is -0.144. The molecule has 0 aliphatic heterocycles. The molecule has 1 fully saturated rings. The van der Waals surface area contributed by atoms with E-state index in [2.05, 4.69) is 45.0 Å². The summed E-state index contributed by atoms with van der Waals surface area (Å²) in [6, 6.07) is 0.784. The van der Waals surface area contributed by atoms with Crippen LogP contribution in [0.15, 0.2) is 0 Å². The van der Waals surface area contributed by atoms with Gasteiger partial charge in [-0.3, -0.25) is 4.79 Å². The third kappa shape index (κ3) is 2.86. The van der Waals surface area contributed by atoms with Crippen molar-refractivity contribution < 1.29 is 9.90 Å². The first kappa shape index (κ1) is 15.4. The number of nitrogens with one attached hydrogen (secondary N) is 1. The van der Waals surface area contributed by atoms with Crippen LogP contribution in [0.25, 0.3) is 0 Å². The number of hydrogen-bond acceptors (Lipinski definition) is 3. The molecular weight excluding hydrogens is 228 g/mol. The summed E-state index contributed by atoms with van der Waals surface area (Å²) in [5.74, 6) is -0.718. The van der Waals surface area contributed by atoms with E-state index in [4.69, 9.17) is 0 Å². The quantitative estimate of drug-likeness (QED) is 0.807. The molecule has 0 aromatic carbocycles. The van der Waals surface area contributed by atoms with Gasteiger partial charge < -0.3 is 15.3 Å². The Morgan fingerprint density at radius 1 is 1.50 bits per heavy atom. The van der Waals surface area contributed by atoms with E-state index in [9.17, 15) is 9.90 Å². The number of carboxylic acid groups (broad SMARTS) is 1. The average Bonchev–Trinajstić information content (AvgIpc) is 2.71. The molecule has 4 heteroatoms. The average molecular weight is 256 g/mol. The van der Waals surface area contributed by atoms with Gasteiger partial charge in [0.25, 0.3) is 0 Å². The molecule has 1 saturated carbocycles. The van der Waals surface area contributed by atoms with E-state index in [1.54, 1.807) is 7.05 Å². The summed E-state index contributed by atoms with van der Waals surface area (Å²) < 4.78 is 0. The molecule has 1 aliphatic carbocycles. The molecular formula is C14H28N2O2. The Kier molecular flexibility index (Phi) is 4.44. The molecule has 0 spiro atoms. The highest BCUT2D eigenvalue weighted by Gasteiger charge is 2.46. The summed E-state index contributed by atoms with van der Waals surface area (Å²) in [5, 5.41) is 12.4. The van der Waals surface area contributed by atoms with Crippen LogP contribution in [0.3, 0.4) is 0 Å². The molecule has 1 aliphatic rings. The van der Waals surface area contributed by atoms with E-state index in [-0.39, 0.29) is 5.41 Å². The van der Waals surface area contributed by atoms with Crippen molar-refractivity contribution in [3.63, 3.8) is 0 Å². The number of nitrogens with zero attached hydrogens (tertiary/aromatic N) is 1. The molecule has 0 radical (unpaired) electrons. The molecule has 0 aromatic rings. The van der Waals surface area contributed by atoms with Crippen molar-refractivity contribution in [3.8, 4) is 0 Å². The minimum absolute atomic E-state index is 0.211. The van der Waals surface area contributed by atoms with Gasteiger partial charge in [-0.25, -0.2) is 0 Å². The summed E-state index contributed by atoms with van der Waals surface area (Å²) in [6.45, 7) is 8.91. The lowest BCUT2D eigenvalue weighted by Gasteiger charge is -2.39. The highest BCUT2D eigenvalue weighted by Crippen LogP contribution is 2.36. The van der Waals surface area contributed by atoms with Crippen LogP contribution in [-0.4, -0.2) is 47.7 Å². The van der Waals surface area contributed by atoms with E-state index in [1.165, 1.54) is 0 Å². The first-order valence-corrected chi connectivity index (χ1v) is 6.78. The maximum Gasteiger partial charge on any atom is 0.323 e. The summed E-state index contributed by atoms with van der Waals surface area (Å²) in [6.07, 6.45) is 2.35. The van der Waals surface area contributed by atoms with Gasteiger partial charge in [0, 0.05) is 12.1 Å². The number of rotatable bonds is 4. The fourth-order valence-corrected chi connectivity index (χ4v) is 2.82. The second-order valence-corrected chi connectivity index (χ2v) is 6.74. The zero-order chi connectivity index (χ0) is 14.1. The van der Waals surface area contributed by atoms with Crippen molar-refractivity contribution in [3.05, 3.63) is 0 Å². The summed E-state index contributed by atoms with van der Waals surface area (Å²) in [5.41, 5.74) is -0.514. The van der Waals surface area contributed by atoms with E-state index in [0.29, 0.717) is 24.9 Å². The Labute approximate surface area is 111 Å². The highest BCUT2D eigenvalue weighted by atomic mass is 16.4. The Morgan fingerprint density at radius 3 is 2.39 bits per heavy atom. The Bertz CT molecular complexity index is 311. The van der Waals surface area contributed by atoms with Gasteiger partial charge in [-0.1, -0.05) is 20.8 Å². The summed E-state index contributed by atoms with van der Waals surface area (Å²) in [4.78, 5) is 13.8. The topological polar surface area (TPSA) is 52.6 Å². The van der Waals surface area contributed by atoms with Crippen LogP contribution in [0.4, 0.5) is 0 Å². The molecule has 3 unspecified atom stereocenters. The van der Waals surface area contributed by atoms with Crippen molar-refractivity contribution in [1.29, 1.82) is 0 Å². The molecule has 106 valence electrons. The Hall–Kier alpha value is -0.610. The van der Waals surface area contributed by atoms with Crippen LogP contribution in [0, 0.1) is 5.41 Å². The zero-order valence-corrected chi connectivity index (χ0v) is 12.6. The molecule has 2 N–H and O–H groups in total. The van der Waals surface area contributed by atoms with Gasteiger partial charge in [-0.2, -0.15) is 0 Å². The van der Waals surface area contributed by atoms with Gasteiger partial charge in [-0.05, 0) is 45.7 Å². The first-order valence-electron chi connectivity index (χ1n) is 6.78. The Morgan fingerprint density at radius 2 is 2.06 bits per heavy atom. The van der Waals surface area contributed by atoms with Crippen molar-refractivity contribution >= 4 is 5.97 Å². The molecule has 0 bridgehead atoms. The fourth-order valence-electron chi connectivity index (χ4n) is 2.82. The monoisotopic (exact) mass is 256 g/mol. The van der Waals surface area contributed by atoms with Crippen molar-refractivity contribution in [2.45, 2.75) is 64.6 Å². The summed E-state index contributed by atoms with van der Waals surface area (Å²) >= 11 is 0. The van der Waals surface area contributed by atoms with Gasteiger partial charge >= 0.3 is 5.97 Å². The normalized spacial score (nSPS) is 30.7. The SMILES string of the molecule is CNC1(C(=O)O)CCC(N(C)C(C)C(C)(C)C)C1. The highest BCUT2D eigenvalue weighted by molar-refractivity contribution is 5.79. The number of carboxylic acids is 1. The van der Waals surface area contributed by atoms with Gasteiger partial charge in [-0.15, -0.1) is 0 Å². The van der Waals surface area contributed by atoms with E-state index in [0.717, 1.165) is 6.42 Å².